The molecule has 1 heterocycles. The zero-order valence-corrected chi connectivity index (χ0v) is 15.4. The molecule has 0 fully saturated rings. The minimum absolute atomic E-state index is 0.00245. The molecule has 0 saturated heterocycles. The molecule has 0 atom stereocenters. The van der Waals surface area contributed by atoms with Gasteiger partial charge in [-0.3, -0.25) is 29.6 Å². The SMILES string of the molecule is O=C(CSC1=NCC(=O)N1c1ccccc1Cl)Nc1ccc([N+](=O)[O-])cc1. The van der Waals surface area contributed by atoms with E-state index in [4.69, 9.17) is 11.6 Å². The van der Waals surface area contributed by atoms with Gasteiger partial charge >= 0.3 is 0 Å². The summed E-state index contributed by atoms with van der Waals surface area (Å²) in [6, 6.07) is 12.4. The minimum atomic E-state index is -0.514. The van der Waals surface area contributed by atoms with E-state index in [1.807, 2.05) is 0 Å². The number of aliphatic imine (C=N–C) groups is 1. The fraction of sp³-hybridized carbons (Fsp3) is 0.118. The van der Waals surface area contributed by atoms with Crippen LogP contribution in [0.3, 0.4) is 0 Å². The Hall–Kier alpha value is -2.91. The molecule has 0 saturated carbocycles. The van der Waals surface area contributed by atoms with Crippen LogP contribution in [0.1, 0.15) is 0 Å². The van der Waals surface area contributed by atoms with E-state index in [2.05, 4.69) is 10.3 Å². The quantitative estimate of drug-likeness (QED) is 0.607. The topological polar surface area (TPSA) is 105 Å². The Labute approximate surface area is 163 Å². The number of para-hydroxylation sites is 1. The number of nitrogens with zero attached hydrogens (tertiary/aromatic N) is 3. The van der Waals surface area contributed by atoms with E-state index in [1.165, 1.54) is 29.2 Å². The number of carbonyl (C=O) groups is 2. The zero-order chi connectivity index (χ0) is 19.4. The molecule has 0 aromatic heterocycles. The van der Waals surface area contributed by atoms with Gasteiger partial charge < -0.3 is 5.32 Å². The molecule has 0 radical (unpaired) electrons. The van der Waals surface area contributed by atoms with Crippen molar-refractivity contribution in [1.82, 2.24) is 0 Å². The molecule has 1 N–H and O–H groups in total. The van der Waals surface area contributed by atoms with Gasteiger partial charge in [0.25, 0.3) is 11.6 Å². The third-order valence-corrected chi connectivity index (χ3v) is 4.87. The normalized spacial score (nSPS) is 13.4. The summed E-state index contributed by atoms with van der Waals surface area (Å²) in [7, 11) is 0. The number of nitro benzene ring substituents is 1. The Bertz CT molecular complexity index is 933. The Morgan fingerprint density at radius 2 is 1.96 bits per heavy atom. The predicted octanol–water partition coefficient (Wildman–Crippen LogP) is 3.32. The maximum atomic E-state index is 12.1. The average Bonchev–Trinajstić information content (AvgIpc) is 3.01. The van der Waals surface area contributed by atoms with Crippen LogP contribution in [0.25, 0.3) is 0 Å². The number of hydrogen-bond acceptors (Lipinski definition) is 6. The van der Waals surface area contributed by atoms with Crippen molar-refractivity contribution >= 4 is 57.4 Å². The van der Waals surface area contributed by atoms with Gasteiger partial charge in [-0.2, -0.15) is 0 Å². The summed E-state index contributed by atoms with van der Waals surface area (Å²) >= 11 is 7.27. The molecule has 0 aliphatic carbocycles. The summed E-state index contributed by atoms with van der Waals surface area (Å²) in [5.41, 5.74) is 0.902. The lowest BCUT2D eigenvalue weighted by molar-refractivity contribution is -0.384. The molecule has 27 heavy (non-hydrogen) atoms. The van der Waals surface area contributed by atoms with E-state index in [1.54, 1.807) is 24.3 Å². The molecule has 2 aromatic carbocycles. The van der Waals surface area contributed by atoms with Gasteiger partial charge in [-0.25, -0.2) is 0 Å². The van der Waals surface area contributed by atoms with Gasteiger partial charge in [-0.05, 0) is 24.3 Å². The number of hydrogen-bond donors (Lipinski definition) is 1. The third kappa shape index (κ3) is 4.44. The van der Waals surface area contributed by atoms with Crippen LogP contribution in [0.15, 0.2) is 53.5 Å². The van der Waals surface area contributed by atoms with Gasteiger partial charge in [0, 0.05) is 17.8 Å². The van der Waals surface area contributed by atoms with Gasteiger partial charge in [0.15, 0.2) is 5.17 Å². The van der Waals surface area contributed by atoms with Gasteiger partial charge in [0.1, 0.15) is 6.54 Å². The van der Waals surface area contributed by atoms with E-state index >= 15 is 0 Å². The van der Waals surface area contributed by atoms with Gasteiger partial charge in [0.05, 0.1) is 21.4 Å². The monoisotopic (exact) mass is 404 g/mol. The molecule has 0 bridgehead atoms. The summed E-state index contributed by atoms with van der Waals surface area (Å²) in [5.74, 6) is -0.527. The summed E-state index contributed by atoms with van der Waals surface area (Å²) in [5, 5.41) is 14.1. The van der Waals surface area contributed by atoms with Crippen LogP contribution in [0, 0.1) is 10.1 Å². The predicted molar refractivity (Wildman–Crippen MR) is 105 cm³/mol. The first-order valence-corrected chi connectivity index (χ1v) is 9.11. The highest BCUT2D eigenvalue weighted by atomic mass is 35.5. The number of thioether (sulfide) groups is 1. The second-order valence-electron chi connectivity index (χ2n) is 5.42. The first-order valence-electron chi connectivity index (χ1n) is 7.75. The molecule has 3 rings (SSSR count). The lowest BCUT2D eigenvalue weighted by Crippen LogP contribution is -2.31. The summed E-state index contributed by atoms with van der Waals surface area (Å²) in [4.78, 5) is 40.0. The molecule has 1 aliphatic rings. The molecule has 0 unspecified atom stereocenters. The average molecular weight is 405 g/mol. The fourth-order valence-electron chi connectivity index (χ4n) is 2.36. The lowest BCUT2D eigenvalue weighted by atomic mass is 10.3. The van der Waals surface area contributed by atoms with Crippen molar-refractivity contribution in [2.75, 3.05) is 22.5 Å². The number of rotatable bonds is 5. The Morgan fingerprint density at radius 3 is 2.63 bits per heavy atom. The standard InChI is InChI=1S/C17H13ClN4O4S/c18-13-3-1-2-4-14(13)21-16(24)9-19-17(21)27-10-15(23)20-11-5-7-12(8-6-11)22(25)26/h1-8H,9-10H2,(H,20,23). The largest absolute Gasteiger partial charge is 0.325 e. The third-order valence-electron chi connectivity index (χ3n) is 3.58. The molecule has 2 amide bonds. The molecule has 2 aromatic rings. The first-order chi connectivity index (χ1) is 13.0. The van der Waals surface area contributed by atoms with Crippen molar-refractivity contribution in [3.63, 3.8) is 0 Å². The highest BCUT2D eigenvalue weighted by Gasteiger charge is 2.29. The summed E-state index contributed by atoms with van der Waals surface area (Å²) < 4.78 is 0. The van der Waals surface area contributed by atoms with Crippen LogP contribution in [0.2, 0.25) is 5.02 Å². The number of carbonyl (C=O) groups excluding carboxylic acids is 2. The lowest BCUT2D eigenvalue weighted by Gasteiger charge is -2.19. The summed E-state index contributed by atoms with van der Waals surface area (Å²) in [6.45, 7) is -0.00245. The zero-order valence-electron chi connectivity index (χ0n) is 13.8. The van der Waals surface area contributed by atoms with Crippen LogP contribution in [-0.2, 0) is 9.59 Å². The van der Waals surface area contributed by atoms with E-state index < -0.39 is 4.92 Å². The first kappa shape index (κ1) is 18.9. The van der Waals surface area contributed by atoms with Crippen molar-refractivity contribution in [2.45, 2.75) is 0 Å². The molecular formula is C17H13ClN4O4S. The van der Waals surface area contributed by atoms with Crippen LogP contribution >= 0.6 is 23.4 Å². The number of amidine groups is 1. The van der Waals surface area contributed by atoms with Crippen LogP contribution < -0.4 is 10.2 Å². The minimum Gasteiger partial charge on any atom is -0.325 e. The van der Waals surface area contributed by atoms with Crippen LogP contribution in [0.5, 0.6) is 0 Å². The molecule has 138 valence electrons. The second kappa shape index (κ2) is 8.19. The number of amides is 2. The Morgan fingerprint density at radius 1 is 1.26 bits per heavy atom. The van der Waals surface area contributed by atoms with Gasteiger partial charge in [-0.1, -0.05) is 35.5 Å². The number of nitro groups is 1. The van der Waals surface area contributed by atoms with Crippen molar-refractivity contribution in [1.29, 1.82) is 0 Å². The Kier molecular flexibility index (Phi) is 5.72. The summed E-state index contributed by atoms with van der Waals surface area (Å²) in [6.07, 6.45) is 0. The van der Waals surface area contributed by atoms with E-state index in [-0.39, 0.29) is 29.8 Å². The van der Waals surface area contributed by atoms with Gasteiger partial charge in [0.2, 0.25) is 5.91 Å². The van der Waals surface area contributed by atoms with Crippen LogP contribution in [-0.4, -0.2) is 34.2 Å². The molecule has 1 aliphatic heterocycles. The number of halogens is 1. The van der Waals surface area contributed by atoms with Gasteiger partial charge in [-0.15, -0.1) is 0 Å². The van der Waals surface area contributed by atoms with Crippen molar-refractivity contribution in [2.24, 2.45) is 4.99 Å². The maximum absolute atomic E-state index is 12.1. The molecule has 10 heteroatoms. The molecule has 0 spiro atoms. The second-order valence-corrected chi connectivity index (χ2v) is 6.77. The van der Waals surface area contributed by atoms with E-state index in [0.29, 0.717) is 21.6 Å². The van der Waals surface area contributed by atoms with Crippen LogP contribution in [0.4, 0.5) is 17.1 Å². The van der Waals surface area contributed by atoms with E-state index in [0.717, 1.165) is 11.8 Å². The van der Waals surface area contributed by atoms with Crippen molar-refractivity contribution < 1.29 is 14.5 Å². The highest BCUT2D eigenvalue weighted by Crippen LogP contribution is 2.30. The number of non-ortho nitro benzene ring substituents is 1. The van der Waals surface area contributed by atoms with Crippen molar-refractivity contribution in [3.05, 3.63) is 63.7 Å². The van der Waals surface area contributed by atoms with Crippen molar-refractivity contribution in [3.8, 4) is 0 Å². The maximum Gasteiger partial charge on any atom is 0.269 e. The smallest absolute Gasteiger partial charge is 0.269 e. The molecular weight excluding hydrogens is 392 g/mol. The number of anilines is 2. The number of benzene rings is 2. The fourth-order valence-corrected chi connectivity index (χ4v) is 3.40. The number of nitrogens with one attached hydrogen (secondary N) is 1. The van der Waals surface area contributed by atoms with E-state index in [9.17, 15) is 19.7 Å². The molecule has 8 nitrogen and oxygen atoms in total. The highest BCUT2D eigenvalue weighted by molar-refractivity contribution is 8.14. The Balaban J connectivity index is 1.62.